The first-order valence-corrected chi connectivity index (χ1v) is 16.8. The predicted octanol–water partition coefficient (Wildman–Crippen LogP) is 4.99. The highest BCUT2D eigenvalue weighted by Crippen LogP contribution is 2.64. The molecule has 252 valence electrons. The SMILES string of the molecule is C=CCN(Cc1ccccc1)C(=O)C1N([C@@H](CO)[C@@H](C)CC)C(=O)[C@@H]2[C@@H](C(=O)N(CC=C)c3ccc(OCC)cc3)[C@@]3(C)CCC12O3. The molecule has 3 heterocycles. The van der Waals surface area contributed by atoms with Gasteiger partial charge in [0.05, 0.1) is 36.7 Å². The van der Waals surface area contributed by atoms with Crippen LogP contribution in [-0.2, 0) is 25.7 Å². The average molecular weight is 644 g/mol. The van der Waals surface area contributed by atoms with E-state index in [1.807, 2.05) is 82.3 Å². The number of hydrogen-bond donors (Lipinski definition) is 1. The molecule has 5 rings (SSSR count). The molecule has 1 N–H and O–H groups in total. The molecule has 3 fully saturated rings. The zero-order valence-electron chi connectivity index (χ0n) is 28.1. The maximum atomic E-state index is 14.9. The van der Waals surface area contributed by atoms with Crippen molar-refractivity contribution in [1.82, 2.24) is 9.80 Å². The zero-order chi connectivity index (χ0) is 33.9. The summed E-state index contributed by atoms with van der Waals surface area (Å²) >= 11 is 0. The first-order chi connectivity index (χ1) is 22.6. The number of carbonyl (C=O) groups is 3. The zero-order valence-corrected chi connectivity index (χ0v) is 28.1. The van der Waals surface area contributed by atoms with Crippen molar-refractivity contribution in [3.63, 3.8) is 0 Å². The molecule has 2 aromatic carbocycles. The van der Waals surface area contributed by atoms with Crippen LogP contribution in [0, 0.1) is 17.8 Å². The molecule has 3 saturated heterocycles. The van der Waals surface area contributed by atoms with E-state index in [-0.39, 0.29) is 43.3 Å². The molecule has 9 heteroatoms. The first kappa shape index (κ1) is 34.4. The van der Waals surface area contributed by atoms with Crippen molar-refractivity contribution >= 4 is 23.4 Å². The van der Waals surface area contributed by atoms with Gasteiger partial charge in [0.2, 0.25) is 17.7 Å². The molecule has 2 unspecified atom stereocenters. The standard InChI is InChI=1S/C38H49N3O6/c1-7-22-39(24-27-14-12-11-13-15-27)36(45)33-38-21-20-37(6,47-38)31(32(38)35(44)41(33)30(25-42)26(5)9-3)34(43)40(23-8-2)28-16-18-29(19-17-28)46-10-4/h7-8,11-19,26,30-33,42H,1-2,9-10,20-25H2,3-6H3/t26-,30-,31-,32-,33?,37+,38?/m0/s1. The fraction of sp³-hybridized carbons (Fsp3) is 0.500. The minimum Gasteiger partial charge on any atom is -0.494 e. The van der Waals surface area contributed by atoms with Crippen molar-refractivity contribution in [2.75, 3.05) is 31.2 Å². The molecular formula is C38H49N3O6. The predicted molar refractivity (Wildman–Crippen MR) is 182 cm³/mol. The molecule has 3 aliphatic rings. The van der Waals surface area contributed by atoms with Gasteiger partial charge in [-0.2, -0.15) is 0 Å². The molecule has 9 nitrogen and oxygen atoms in total. The molecule has 3 aliphatic heterocycles. The lowest BCUT2D eigenvalue weighted by molar-refractivity contribution is -0.156. The van der Waals surface area contributed by atoms with Gasteiger partial charge in [-0.3, -0.25) is 14.4 Å². The van der Waals surface area contributed by atoms with Gasteiger partial charge in [0.25, 0.3) is 0 Å². The smallest absolute Gasteiger partial charge is 0.249 e. The van der Waals surface area contributed by atoms with Crippen LogP contribution in [0.2, 0.25) is 0 Å². The fourth-order valence-corrected chi connectivity index (χ4v) is 8.06. The van der Waals surface area contributed by atoms with E-state index in [0.29, 0.717) is 43.9 Å². The Labute approximate surface area is 278 Å². The number of benzene rings is 2. The Bertz CT molecular complexity index is 1460. The van der Waals surface area contributed by atoms with Crippen molar-refractivity contribution in [1.29, 1.82) is 0 Å². The van der Waals surface area contributed by atoms with Crippen LogP contribution in [0.5, 0.6) is 5.75 Å². The summed E-state index contributed by atoms with van der Waals surface area (Å²) in [5.74, 6) is -1.96. The number of aliphatic hydroxyl groups excluding tert-OH is 1. The Hall–Kier alpha value is -3.95. The minimum absolute atomic E-state index is 0.0977. The van der Waals surface area contributed by atoms with Crippen LogP contribution in [0.4, 0.5) is 5.69 Å². The Kier molecular flexibility index (Phi) is 10.3. The van der Waals surface area contributed by atoms with E-state index in [1.54, 1.807) is 26.9 Å². The molecule has 1 spiro atoms. The summed E-state index contributed by atoms with van der Waals surface area (Å²) < 4.78 is 12.5. The number of hydrogen-bond acceptors (Lipinski definition) is 6. The maximum absolute atomic E-state index is 14.9. The lowest BCUT2D eigenvalue weighted by Crippen LogP contribution is -2.59. The van der Waals surface area contributed by atoms with Crippen molar-refractivity contribution in [2.24, 2.45) is 17.8 Å². The van der Waals surface area contributed by atoms with Gasteiger partial charge >= 0.3 is 0 Å². The normalized spacial score (nSPS) is 27.2. The summed E-state index contributed by atoms with van der Waals surface area (Å²) in [6.07, 6.45) is 5.01. The van der Waals surface area contributed by atoms with Gasteiger partial charge in [-0.1, -0.05) is 62.8 Å². The van der Waals surface area contributed by atoms with E-state index in [1.165, 1.54) is 0 Å². The number of anilines is 1. The monoisotopic (exact) mass is 643 g/mol. The van der Waals surface area contributed by atoms with Crippen LogP contribution in [-0.4, -0.2) is 82.2 Å². The van der Waals surface area contributed by atoms with E-state index in [4.69, 9.17) is 9.47 Å². The third-order valence-electron chi connectivity index (χ3n) is 10.5. The molecular weight excluding hydrogens is 594 g/mol. The molecule has 0 aromatic heterocycles. The Balaban J connectivity index is 1.59. The van der Waals surface area contributed by atoms with Gasteiger partial charge < -0.3 is 29.3 Å². The lowest BCUT2D eigenvalue weighted by Gasteiger charge is -2.41. The van der Waals surface area contributed by atoms with Crippen LogP contribution in [0.3, 0.4) is 0 Å². The van der Waals surface area contributed by atoms with Gasteiger partial charge in [0, 0.05) is 25.3 Å². The molecule has 0 saturated carbocycles. The van der Waals surface area contributed by atoms with Gasteiger partial charge in [-0.05, 0) is 62.4 Å². The van der Waals surface area contributed by atoms with Crippen LogP contribution >= 0.6 is 0 Å². The Morgan fingerprint density at radius 3 is 2.34 bits per heavy atom. The summed E-state index contributed by atoms with van der Waals surface area (Å²) in [6, 6.07) is 15.4. The highest BCUT2D eigenvalue weighted by molar-refractivity contribution is 6.03. The van der Waals surface area contributed by atoms with Crippen LogP contribution in [0.25, 0.3) is 0 Å². The van der Waals surface area contributed by atoms with Gasteiger partial charge in [0.1, 0.15) is 17.4 Å². The number of likely N-dealkylation sites (tertiary alicyclic amines) is 1. The lowest BCUT2D eigenvalue weighted by atomic mass is 9.66. The molecule has 7 atom stereocenters. The first-order valence-electron chi connectivity index (χ1n) is 16.8. The van der Waals surface area contributed by atoms with Gasteiger partial charge in [0.15, 0.2) is 0 Å². The summed E-state index contributed by atoms with van der Waals surface area (Å²) in [5, 5.41) is 10.7. The van der Waals surface area contributed by atoms with Crippen molar-refractivity contribution < 1.29 is 29.0 Å². The van der Waals surface area contributed by atoms with E-state index in [0.717, 1.165) is 5.56 Å². The summed E-state index contributed by atoms with van der Waals surface area (Å²) in [4.78, 5) is 49.4. The van der Waals surface area contributed by atoms with Crippen molar-refractivity contribution in [3.05, 3.63) is 85.5 Å². The number of ether oxygens (including phenoxy) is 2. The number of rotatable bonds is 15. The fourth-order valence-electron chi connectivity index (χ4n) is 8.06. The maximum Gasteiger partial charge on any atom is 0.249 e. The second-order valence-corrected chi connectivity index (χ2v) is 13.3. The number of carbonyl (C=O) groups excluding carboxylic acids is 3. The molecule has 2 aromatic rings. The molecule has 0 aliphatic carbocycles. The second-order valence-electron chi connectivity index (χ2n) is 13.3. The summed E-state index contributed by atoms with van der Waals surface area (Å²) in [5.41, 5.74) is -0.582. The minimum atomic E-state index is -1.22. The topological polar surface area (TPSA) is 99.6 Å². The quantitative estimate of drug-likeness (QED) is 0.275. The number of amides is 3. The second kappa shape index (κ2) is 14.0. The Morgan fingerprint density at radius 1 is 1.06 bits per heavy atom. The number of fused-ring (bicyclic) bond motifs is 1. The highest BCUT2D eigenvalue weighted by atomic mass is 16.5. The average Bonchev–Trinajstić information content (AvgIpc) is 3.65. The molecule has 47 heavy (non-hydrogen) atoms. The number of aliphatic hydroxyl groups is 1. The summed E-state index contributed by atoms with van der Waals surface area (Å²) in [6.45, 7) is 16.6. The molecule has 3 amide bonds. The third kappa shape index (κ3) is 6.00. The highest BCUT2D eigenvalue weighted by Gasteiger charge is 2.79. The molecule has 2 bridgehead atoms. The van der Waals surface area contributed by atoms with E-state index >= 15 is 0 Å². The van der Waals surface area contributed by atoms with E-state index < -0.39 is 35.1 Å². The van der Waals surface area contributed by atoms with E-state index in [2.05, 4.69) is 13.2 Å². The van der Waals surface area contributed by atoms with Gasteiger partial charge in [-0.15, -0.1) is 13.2 Å². The third-order valence-corrected chi connectivity index (χ3v) is 10.5. The van der Waals surface area contributed by atoms with Crippen molar-refractivity contribution in [3.8, 4) is 5.75 Å². The van der Waals surface area contributed by atoms with Gasteiger partial charge in [-0.25, -0.2) is 0 Å². The van der Waals surface area contributed by atoms with Crippen molar-refractivity contribution in [2.45, 2.75) is 76.8 Å². The summed E-state index contributed by atoms with van der Waals surface area (Å²) in [7, 11) is 0. The van der Waals surface area contributed by atoms with Crippen LogP contribution in [0.1, 0.15) is 52.5 Å². The molecule has 0 radical (unpaired) electrons. The Morgan fingerprint density at radius 2 is 1.74 bits per heavy atom. The van der Waals surface area contributed by atoms with Crippen LogP contribution < -0.4 is 9.64 Å². The van der Waals surface area contributed by atoms with Crippen LogP contribution in [0.15, 0.2) is 79.9 Å². The van der Waals surface area contributed by atoms with E-state index in [9.17, 15) is 19.5 Å². The number of nitrogens with zero attached hydrogens (tertiary/aromatic N) is 3. The largest absolute Gasteiger partial charge is 0.494 e.